The second kappa shape index (κ2) is 1.82. The van der Waals surface area contributed by atoms with E-state index in [1.807, 2.05) is 0 Å². The SMILES string of the molecule is O=C(O)[C@H]1[C@@H]2C[C@@H](O)C(=O)[C@@H]21. The summed E-state index contributed by atoms with van der Waals surface area (Å²) in [7, 11) is 0. The summed E-state index contributed by atoms with van der Waals surface area (Å²) in [6.07, 6.45) is -0.541. The van der Waals surface area contributed by atoms with Crippen LogP contribution in [0.4, 0.5) is 0 Å². The molecule has 0 aromatic rings. The molecular formula is C7H8O4. The Labute approximate surface area is 62.8 Å². The summed E-state index contributed by atoms with van der Waals surface area (Å²) >= 11 is 0. The van der Waals surface area contributed by atoms with Gasteiger partial charge in [-0.3, -0.25) is 9.59 Å². The third-order valence-corrected chi connectivity index (χ3v) is 2.61. The average Bonchev–Trinajstić information content (AvgIpc) is 2.54. The first-order valence-electron chi connectivity index (χ1n) is 3.57. The van der Waals surface area contributed by atoms with E-state index >= 15 is 0 Å². The van der Waals surface area contributed by atoms with Crippen molar-refractivity contribution in [3.8, 4) is 0 Å². The second-order valence-electron chi connectivity index (χ2n) is 3.21. The molecule has 2 aliphatic rings. The molecule has 4 heteroatoms. The van der Waals surface area contributed by atoms with Gasteiger partial charge in [0.2, 0.25) is 0 Å². The zero-order valence-corrected chi connectivity index (χ0v) is 5.73. The number of carbonyl (C=O) groups is 2. The fourth-order valence-corrected chi connectivity index (χ4v) is 1.99. The van der Waals surface area contributed by atoms with Gasteiger partial charge in [0.05, 0.1) is 5.92 Å². The largest absolute Gasteiger partial charge is 0.481 e. The number of rotatable bonds is 1. The smallest absolute Gasteiger partial charge is 0.307 e. The quantitative estimate of drug-likeness (QED) is 0.524. The van der Waals surface area contributed by atoms with Crippen LogP contribution in [0.5, 0.6) is 0 Å². The summed E-state index contributed by atoms with van der Waals surface area (Å²) in [5.74, 6) is -2.12. The molecule has 0 saturated heterocycles. The first-order chi connectivity index (χ1) is 5.13. The minimum Gasteiger partial charge on any atom is -0.481 e. The number of Topliss-reactive ketones (excluding diaryl/α,β-unsaturated/α-hetero) is 1. The molecule has 0 bridgehead atoms. The summed E-state index contributed by atoms with van der Waals surface area (Å²) < 4.78 is 0. The molecular weight excluding hydrogens is 148 g/mol. The highest BCUT2D eigenvalue weighted by Gasteiger charge is 2.65. The molecule has 2 rings (SSSR count). The maximum atomic E-state index is 10.9. The summed E-state index contributed by atoms with van der Waals surface area (Å²) in [5, 5.41) is 17.5. The van der Waals surface area contributed by atoms with Gasteiger partial charge in [-0.2, -0.15) is 0 Å². The van der Waals surface area contributed by atoms with Crippen LogP contribution in [-0.4, -0.2) is 28.1 Å². The minimum atomic E-state index is -0.903. The van der Waals surface area contributed by atoms with Crippen molar-refractivity contribution in [3.63, 3.8) is 0 Å². The van der Waals surface area contributed by atoms with Crippen molar-refractivity contribution in [1.29, 1.82) is 0 Å². The lowest BCUT2D eigenvalue weighted by Gasteiger charge is -2.02. The topological polar surface area (TPSA) is 74.6 Å². The van der Waals surface area contributed by atoms with Gasteiger partial charge in [-0.25, -0.2) is 0 Å². The number of ketones is 1. The Morgan fingerprint density at radius 2 is 2.18 bits per heavy atom. The van der Waals surface area contributed by atoms with Crippen LogP contribution in [0.1, 0.15) is 6.42 Å². The van der Waals surface area contributed by atoms with Gasteiger partial charge in [0.25, 0.3) is 0 Å². The predicted molar refractivity (Wildman–Crippen MR) is 33.7 cm³/mol. The highest BCUT2D eigenvalue weighted by Crippen LogP contribution is 2.55. The minimum absolute atomic E-state index is 0.0741. The number of hydrogen-bond donors (Lipinski definition) is 2. The molecule has 0 heterocycles. The number of aliphatic hydroxyl groups excluding tert-OH is 1. The highest BCUT2D eigenvalue weighted by atomic mass is 16.4. The van der Waals surface area contributed by atoms with Crippen LogP contribution in [0, 0.1) is 17.8 Å². The molecule has 0 unspecified atom stereocenters. The van der Waals surface area contributed by atoms with Crippen LogP contribution in [-0.2, 0) is 9.59 Å². The maximum Gasteiger partial charge on any atom is 0.307 e. The van der Waals surface area contributed by atoms with E-state index in [0.717, 1.165) is 0 Å². The van der Waals surface area contributed by atoms with Gasteiger partial charge in [-0.1, -0.05) is 0 Å². The van der Waals surface area contributed by atoms with E-state index in [4.69, 9.17) is 10.2 Å². The molecule has 0 aliphatic heterocycles. The molecule has 0 aromatic carbocycles. The van der Waals surface area contributed by atoms with Gasteiger partial charge < -0.3 is 10.2 Å². The van der Waals surface area contributed by atoms with Crippen LogP contribution >= 0.6 is 0 Å². The summed E-state index contributed by atoms with van der Waals surface area (Å²) in [6.45, 7) is 0. The standard InChI is InChI=1S/C7H8O4/c8-3-1-2-4(6(3)9)5(2)7(10)11/h2-5,8H,1H2,(H,10,11)/t2-,3-,4+,5+/m1/s1. The molecule has 0 aromatic heterocycles. The number of aliphatic carboxylic acids is 1. The molecule has 60 valence electrons. The lowest BCUT2D eigenvalue weighted by Crippen LogP contribution is -2.21. The average molecular weight is 156 g/mol. The Morgan fingerprint density at radius 1 is 1.55 bits per heavy atom. The van der Waals surface area contributed by atoms with Crippen molar-refractivity contribution in [2.24, 2.45) is 17.8 Å². The molecule has 2 N–H and O–H groups in total. The number of hydrogen-bond acceptors (Lipinski definition) is 3. The van der Waals surface area contributed by atoms with Crippen molar-refractivity contribution in [3.05, 3.63) is 0 Å². The monoisotopic (exact) mass is 156 g/mol. The number of carboxylic acids is 1. The Morgan fingerprint density at radius 3 is 2.55 bits per heavy atom. The normalized spacial score (nSPS) is 47.2. The van der Waals surface area contributed by atoms with E-state index < -0.39 is 18.0 Å². The van der Waals surface area contributed by atoms with Crippen LogP contribution < -0.4 is 0 Å². The second-order valence-corrected chi connectivity index (χ2v) is 3.21. The van der Waals surface area contributed by atoms with E-state index in [1.165, 1.54) is 0 Å². The molecule has 2 fully saturated rings. The Hall–Kier alpha value is -0.900. The van der Waals surface area contributed by atoms with E-state index in [1.54, 1.807) is 0 Å². The maximum absolute atomic E-state index is 10.9. The van der Waals surface area contributed by atoms with Crippen molar-refractivity contribution >= 4 is 11.8 Å². The Kier molecular flexibility index (Phi) is 1.12. The number of carbonyl (C=O) groups excluding carboxylic acids is 1. The van der Waals surface area contributed by atoms with Crippen molar-refractivity contribution in [2.45, 2.75) is 12.5 Å². The third kappa shape index (κ3) is 0.728. The van der Waals surface area contributed by atoms with E-state index in [9.17, 15) is 9.59 Å². The Balaban J connectivity index is 2.11. The zero-order valence-electron chi connectivity index (χ0n) is 5.73. The predicted octanol–water partition coefficient (Wildman–Crippen LogP) is -0.733. The van der Waals surface area contributed by atoms with Gasteiger partial charge in [0.1, 0.15) is 6.10 Å². The molecule has 0 amide bonds. The molecule has 2 saturated carbocycles. The van der Waals surface area contributed by atoms with E-state index in [0.29, 0.717) is 6.42 Å². The number of aliphatic hydroxyl groups is 1. The lowest BCUT2D eigenvalue weighted by atomic mass is 10.1. The molecule has 11 heavy (non-hydrogen) atoms. The first kappa shape index (κ1) is 6.79. The van der Waals surface area contributed by atoms with Gasteiger partial charge in [0.15, 0.2) is 5.78 Å². The van der Waals surface area contributed by atoms with E-state index in [2.05, 4.69) is 0 Å². The van der Waals surface area contributed by atoms with Crippen LogP contribution in [0.15, 0.2) is 0 Å². The molecule has 2 aliphatic carbocycles. The summed E-state index contributed by atoms with van der Waals surface area (Å²) in [4.78, 5) is 21.3. The lowest BCUT2D eigenvalue weighted by molar-refractivity contribution is -0.141. The molecule has 4 nitrogen and oxygen atoms in total. The summed E-state index contributed by atoms with van der Waals surface area (Å²) in [5.41, 5.74) is 0. The van der Waals surface area contributed by atoms with Crippen LogP contribution in [0.25, 0.3) is 0 Å². The number of fused-ring (bicyclic) bond motifs is 1. The van der Waals surface area contributed by atoms with Crippen molar-refractivity contribution < 1.29 is 19.8 Å². The van der Waals surface area contributed by atoms with Gasteiger partial charge in [0, 0.05) is 5.92 Å². The fraction of sp³-hybridized carbons (Fsp3) is 0.714. The Bertz CT molecular complexity index is 235. The third-order valence-electron chi connectivity index (χ3n) is 2.61. The molecule has 4 atom stereocenters. The highest BCUT2D eigenvalue weighted by molar-refractivity contribution is 5.97. The zero-order chi connectivity index (χ0) is 8.17. The van der Waals surface area contributed by atoms with E-state index in [-0.39, 0.29) is 17.6 Å². The molecule has 0 radical (unpaired) electrons. The van der Waals surface area contributed by atoms with Crippen molar-refractivity contribution in [1.82, 2.24) is 0 Å². The van der Waals surface area contributed by atoms with Gasteiger partial charge in [-0.05, 0) is 12.3 Å². The van der Waals surface area contributed by atoms with Crippen LogP contribution in [0.2, 0.25) is 0 Å². The summed E-state index contributed by atoms with van der Waals surface area (Å²) in [6, 6.07) is 0. The van der Waals surface area contributed by atoms with Crippen molar-refractivity contribution in [2.75, 3.05) is 0 Å². The van der Waals surface area contributed by atoms with Gasteiger partial charge >= 0.3 is 5.97 Å². The number of carboxylic acid groups (broad SMARTS) is 1. The molecule has 0 spiro atoms. The first-order valence-corrected chi connectivity index (χ1v) is 3.57. The fourth-order valence-electron chi connectivity index (χ4n) is 1.99. The van der Waals surface area contributed by atoms with Crippen LogP contribution in [0.3, 0.4) is 0 Å². The van der Waals surface area contributed by atoms with Gasteiger partial charge in [-0.15, -0.1) is 0 Å².